The van der Waals surface area contributed by atoms with Crippen molar-refractivity contribution in [1.82, 2.24) is 10.2 Å². The van der Waals surface area contributed by atoms with Crippen molar-refractivity contribution >= 4 is 18.4 Å². The Bertz CT molecular complexity index is 817. The summed E-state index contributed by atoms with van der Waals surface area (Å²) in [4.78, 5) is 30.8. The minimum atomic E-state index is -0.525. The highest BCUT2D eigenvalue weighted by atomic mass is 16.6. The van der Waals surface area contributed by atoms with Gasteiger partial charge in [-0.1, -0.05) is 44.7 Å². The molecular formula is C30H51N3O4. The zero-order valence-electron chi connectivity index (χ0n) is 24.7. The number of ether oxygens (including phenoxy) is 2. The molecule has 0 saturated carbocycles. The predicted octanol–water partition coefficient (Wildman–Crippen LogP) is 6.82. The quantitative estimate of drug-likeness (QED) is 0.0608. The van der Waals surface area contributed by atoms with E-state index in [4.69, 9.17) is 9.47 Å². The monoisotopic (exact) mass is 517 g/mol. The Hall–Kier alpha value is -2.79. The van der Waals surface area contributed by atoms with E-state index in [0.29, 0.717) is 43.5 Å². The summed E-state index contributed by atoms with van der Waals surface area (Å²) in [7, 11) is 0. The highest BCUT2D eigenvalue weighted by Gasteiger charge is 2.22. The highest BCUT2D eigenvalue weighted by Crippen LogP contribution is 2.16. The first-order valence-corrected chi connectivity index (χ1v) is 13.6. The molecule has 0 bridgehead atoms. The van der Waals surface area contributed by atoms with Crippen LogP contribution in [-0.4, -0.2) is 54.6 Å². The van der Waals surface area contributed by atoms with Crippen LogP contribution in [0.5, 0.6) is 0 Å². The molecule has 0 spiro atoms. The van der Waals surface area contributed by atoms with Gasteiger partial charge in [-0.2, -0.15) is 0 Å². The van der Waals surface area contributed by atoms with Crippen LogP contribution in [0.15, 0.2) is 46.8 Å². The van der Waals surface area contributed by atoms with Gasteiger partial charge in [0.05, 0.1) is 17.9 Å². The average molecular weight is 518 g/mol. The summed E-state index contributed by atoms with van der Waals surface area (Å²) < 4.78 is 11.1. The Labute approximate surface area is 225 Å². The zero-order valence-corrected chi connectivity index (χ0v) is 24.7. The summed E-state index contributed by atoms with van der Waals surface area (Å²) in [6.07, 6.45) is 13.7. The summed E-state index contributed by atoms with van der Waals surface area (Å²) in [6, 6.07) is 0. The number of nitrogens with one attached hydrogen (secondary N) is 1. The molecule has 0 saturated heterocycles. The molecule has 0 aliphatic heterocycles. The standard InChI is InChI=1S/C30H51N3O4/c1-10-13-14-16-24(4)25(5)22-32-28(34)27(15-11-2)17-19-31-23-36-26(6)18-21-33(20-12-3)29(35)37-30(7,8)9/h10-11,13,15,19,23-26H,12,14,16,18,20-22H2,1-9H3,(H,32,34)/b13-10-,15-11-,31-23+. The summed E-state index contributed by atoms with van der Waals surface area (Å²) in [6.45, 7) is 19.6. The lowest BCUT2D eigenvalue weighted by Gasteiger charge is -2.27. The van der Waals surface area contributed by atoms with E-state index in [-0.39, 0.29) is 18.1 Å². The molecule has 0 heterocycles. The minimum Gasteiger partial charge on any atom is -0.480 e. The maximum Gasteiger partial charge on any atom is 0.410 e. The molecule has 0 aliphatic rings. The van der Waals surface area contributed by atoms with Gasteiger partial charge in [0, 0.05) is 26.1 Å². The lowest BCUT2D eigenvalue weighted by Crippen LogP contribution is -2.38. The second-order valence-corrected chi connectivity index (χ2v) is 10.5. The Balaban J connectivity index is 4.81. The molecule has 37 heavy (non-hydrogen) atoms. The van der Waals surface area contributed by atoms with Gasteiger partial charge in [0.15, 0.2) is 6.40 Å². The highest BCUT2D eigenvalue weighted by molar-refractivity contribution is 5.95. The molecule has 210 valence electrons. The Morgan fingerprint density at radius 1 is 1.05 bits per heavy atom. The van der Waals surface area contributed by atoms with Crippen molar-refractivity contribution in [3.05, 3.63) is 41.8 Å². The van der Waals surface area contributed by atoms with Crippen molar-refractivity contribution in [2.24, 2.45) is 16.8 Å². The van der Waals surface area contributed by atoms with Crippen LogP contribution in [-0.2, 0) is 14.3 Å². The van der Waals surface area contributed by atoms with E-state index in [2.05, 4.69) is 42.0 Å². The fourth-order valence-electron chi connectivity index (χ4n) is 3.29. The van der Waals surface area contributed by atoms with Gasteiger partial charge in [0.2, 0.25) is 0 Å². The van der Waals surface area contributed by atoms with E-state index >= 15 is 0 Å². The van der Waals surface area contributed by atoms with Gasteiger partial charge in [0.1, 0.15) is 5.60 Å². The third-order valence-corrected chi connectivity index (χ3v) is 5.76. The maximum atomic E-state index is 12.6. The molecule has 7 nitrogen and oxygen atoms in total. The van der Waals surface area contributed by atoms with Gasteiger partial charge in [-0.05, 0) is 78.7 Å². The first-order chi connectivity index (χ1) is 17.4. The third kappa shape index (κ3) is 17.3. The number of aliphatic imine (C=N–C) groups is 1. The van der Waals surface area contributed by atoms with Crippen molar-refractivity contribution in [1.29, 1.82) is 0 Å². The van der Waals surface area contributed by atoms with Crippen molar-refractivity contribution < 1.29 is 19.1 Å². The van der Waals surface area contributed by atoms with E-state index in [0.717, 1.165) is 19.3 Å². The fourth-order valence-corrected chi connectivity index (χ4v) is 3.29. The number of amides is 2. The summed E-state index contributed by atoms with van der Waals surface area (Å²) in [5.41, 5.74) is 2.82. The van der Waals surface area contributed by atoms with Gasteiger partial charge in [0.25, 0.3) is 5.91 Å². The average Bonchev–Trinajstić information content (AvgIpc) is 2.82. The van der Waals surface area contributed by atoms with Crippen LogP contribution in [0, 0.1) is 11.8 Å². The smallest absolute Gasteiger partial charge is 0.410 e. The van der Waals surface area contributed by atoms with Gasteiger partial charge in [-0.15, -0.1) is 0 Å². The van der Waals surface area contributed by atoms with Crippen LogP contribution >= 0.6 is 0 Å². The van der Waals surface area contributed by atoms with Crippen molar-refractivity contribution in [2.45, 2.75) is 99.7 Å². The minimum absolute atomic E-state index is 0.141. The van der Waals surface area contributed by atoms with E-state index < -0.39 is 5.60 Å². The maximum absolute atomic E-state index is 12.6. The molecule has 0 radical (unpaired) electrons. The molecule has 3 atom stereocenters. The van der Waals surface area contributed by atoms with E-state index in [1.165, 1.54) is 12.6 Å². The normalized spacial score (nSPS) is 14.3. The summed E-state index contributed by atoms with van der Waals surface area (Å²) in [5.74, 6) is 0.717. The predicted molar refractivity (Wildman–Crippen MR) is 154 cm³/mol. The molecule has 2 amide bonds. The van der Waals surface area contributed by atoms with Crippen LogP contribution in [0.1, 0.15) is 88.0 Å². The first-order valence-electron chi connectivity index (χ1n) is 13.6. The Morgan fingerprint density at radius 2 is 1.76 bits per heavy atom. The number of nitrogens with zero attached hydrogens (tertiary/aromatic N) is 2. The molecular weight excluding hydrogens is 466 g/mol. The van der Waals surface area contributed by atoms with Gasteiger partial charge >= 0.3 is 6.09 Å². The molecule has 3 unspecified atom stereocenters. The van der Waals surface area contributed by atoms with E-state index in [9.17, 15) is 9.59 Å². The van der Waals surface area contributed by atoms with Crippen molar-refractivity contribution in [3.8, 4) is 0 Å². The van der Waals surface area contributed by atoms with Crippen LogP contribution in [0.4, 0.5) is 4.79 Å². The second-order valence-electron chi connectivity index (χ2n) is 10.5. The molecule has 1 N–H and O–H groups in total. The van der Waals surface area contributed by atoms with E-state index in [1.54, 1.807) is 17.1 Å². The summed E-state index contributed by atoms with van der Waals surface area (Å²) >= 11 is 0. The van der Waals surface area contributed by atoms with Crippen LogP contribution in [0.2, 0.25) is 0 Å². The van der Waals surface area contributed by atoms with Crippen molar-refractivity contribution in [2.75, 3.05) is 19.6 Å². The molecule has 0 aromatic heterocycles. The number of carbonyl (C=O) groups excluding carboxylic acids is 2. The van der Waals surface area contributed by atoms with Gasteiger partial charge < -0.3 is 19.7 Å². The van der Waals surface area contributed by atoms with Gasteiger partial charge in [-0.25, -0.2) is 9.79 Å². The SMILES string of the molecule is C/C=C\CCC(C)C(C)CNC(=O)C(=C=C/N=C/OC(C)CCN(CCC)C(=O)OC(C)(C)C)/C=C\C. The number of hydrogen-bond donors (Lipinski definition) is 1. The van der Waals surface area contributed by atoms with E-state index in [1.807, 2.05) is 48.5 Å². The molecule has 0 aromatic rings. The summed E-state index contributed by atoms with van der Waals surface area (Å²) in [5, 5.41) is 3.01. The molecule has 0 rings (SSSR count). The van der Waals surface area contributed by atoms with Crippen LogP contribution in [0.25, 0.3) is 0 Å². The van der Waals surface area contributed by atoms with Crippen LogP contribution in [0.3, 0.4) is 0 Å². The number of rotatable bonds is 16. The lowest BCUT2D eigenvalue weighted by molar-refractivity contribution is -0.117. The first kappa shape index (κ1) is 34.2. The fraction of sp³-hybridized carbons (Fsp3) is 0.667. The number of carbonyl (C=O) groups is 2. The molecule has 0 fully saturated rings. The number of hydrogen-bond acceptors (Lipinski definition) is 5. The molecule has 0 aliphatic carbocycles. The topological polar surface area (TPSA) is 80.2 Å². The van der Waals surface area contributed by atoms with Crippen molar-refractivity contribution in [3.63, 3.8) is 0 Å². The zero-order chi connectivity index (χ0) is 28.3. The van der Waals surface area contributed by atoms with Gasteiger partial charge in [-0.3, -0.25) is 4.79 Å². The number of allylic oxidation sites excluding steroid dienone is 3. The lowest BCUT2D eigenvalue weighted by atomic mass is 9.91. The van der Waals surface area contributed by atoms with Crippen LogP contribution < -0.4 is 5.32 Å². The largest absolute Gasteiger partial charge is 0.480 e. The molecule has 7 heteroatoms. The third-order valence-electron chi connectivity index (χ3n) is 5.76. The second kappa shape index (κ2) is 19.3. The molecule has 0 aromatic carbocycles. The Kier molecular flexibility index (Phi) is 17.9. The Morgan fingerprint density at radius 3 is 2.35 bits per heavy atom.